The van der Waals surface area contributed by atoms with E-state index in [1.165, 1.54) is 25.7 Å². The summed E-state index contributed by atoms with van der Waals surface area (Å²) in [6.45, 7) is 8.39. The molecule has 0 amide bonds. The Morgan fingerprint density at radius 1 is 1.40 bits per heavy atom. The van der Waals surface area contributed by atoms with Crippen LogP contribution in [0.1, 0.15) is 46.0 Å². The van der Waals surface area contributed by atoms with Crippen LogP contribution in [0.15, 0.2) is 0 Å². The van der Waals surface area contributed by atoms with Gasteiger partial charge in [-0.3, -0.25) is 0 Å². The van der Waals surface area contributed by atoms with Crippen LogP contribution in [0.5, 0.6) is 0 Å². The predicted octanol–water partition coefficient (Wildman–Crippen LogP) is 3.63. The van der Waals surface area contributed by atoms with Gasteiger partial charge >= 0.3 is 0 Å². The quantitative estimate of drug-likeness (QED) is 0.494. The molecule has 0 aliphatic heterocycles. The Kier molecular flexibility index (Phi) is 7.11. The highest BCUT2D eigenvalue weighted by molar-refractivity contribution is 4.70. The van der Waals surface area contributed by atoms with Crippen LogP contribution in [-0.4, -0.2) is 0 Å². The Morgan fingerprint density at radius 2 is 2.10 bits per heavy atom. The van der Waals surface area contributed by atoms with Gasteiger partial charge in [0.05, 0.1) is 0 Å². The number of hydrogen-bond donors (Lipinski definition) is 0. The standard InChI is InChI=1S/C10H20/c1-4-7-8-9-10(5-2)6-3/h8,10H,2,4-7,9H2,1,3H3. The number of hydrogen-bond acceptors (Lipinski definition) is 0. The van der Waals surface area contributed by atoms with Gasteiger partial charge in [0.15, 0.2) is 0 Å². The van der Waals surface area contributed by atoms with Gasteiger partial charge in [-0.2, -0.15) is 0 Å². The van der Waals surface area contributed by atoms with E-state index in [0.29, 0.717) is 0 Å². The average molecular weight is 140 g/mol. The highest BCUT2D eigenvalue weighted by atomic mass is 14.1. The van der Waals surface area contributed by atoms with Crippen molar-refractivity contribution in [3.63, 3.8) is 0 Å². The summed E-state index contributed by atoms with van der Waals surface area (Å²) in [6.07, 6.45) is 8.61. The lowest BCUT2D eigenvalue weighted by molar-refractivity contribution is 0.498. The molecule has 0 aromatic rings. The smallest absolute Gasteiger partial charge is 0.0383 e. The highest BCUT2D eigenvalue weighted by Gasteiger charge is 2.01. The summed E-state index contributed by atoms with van der Waals surface area (Å²) in [5.41, 5.74) is 0. The van der Waals surface area contributed by atoms with Crippen molar-refractivity contribution in [2.75, 3.05) is 0 Å². The third-order valence-electron chi connectivity index (χ3n) is 1.98. The maximum Gasteiger partial charge on any atom is -0.0383 e. The van der Waals surface area contributed by atoms with Gasteiger partial charge in [0.25, 0.3) is 0 Å². The molecular weight excluding hydrogens is 120 g/mol. The van der Waals surface area contributed by atoms with E-state index >= 15 is 0 Å². The van der Waals surface area contributed by atoms with Crippen molar-refractivity contribution in [1.82, 2.24) is 0 Å². The lowest BCUT2D eigenvalue weighted by Crippen LogP contribution is -1.96. The lowest BCUT2D eigenvalue weighted by atomic mass is 9.96. The summed E-state index contributed by atoms with van der Waals surface area (Å²) in [5, 5.41) is 0. The van der Waals surface area contributed by atoms with Crippen molar-refractivity contribution in [3.05, 3.63) is 13.3 Å². The van der Waals surface area contributed by atoms with Crippen LogP contribution < -0.4 is 0 Å². The Hall–Kier alpha value is 0. The van der Waals surface area contributed by atoms with E-state index in [-0.39, 0.29) is 0 Å². The van der Waals surface area contributed by atoms with Crippen molar-refractivity contribution < 1.29 is 0 Å². The van der Waals surface area contributed by atoms with E-state index < -0.39 is 0 Å². The van der Waals surface area contributed by atoms with Gasteiger partial charge in [0.2, 0.25) is 0 Å². The molecule has 0 heterocycles. The predicted molar refractivity (Wildman–Crippen MR) is 47.6 cm³/mol. The van der Waals surface area contributed by atoms with Gasteiger partial charge in [-0.05, 0) is 18.8 Å². The molecule has 1 atom stereocenters. The first-order valence-electron chi connectivity index (χ1n) is 4.46. The normalized spacial score (nSPS) is 10.8. The van der Waals surface area contributed by atoms with Crippen molar-refractivity contribution in [2.45, 2.75) is 46.0 Å². The van der Waals surface area contributed by atoms with Crippen LogP contribution in [0.2, 0.25) is 0 Å². The molecule has 0 spiro atoms. The van der Waals surface area contributed by atoms with Gasteiger partial charge in [-0.25, -0.2) is 0 Å². The molecule has 2 radical (unpaired) electrons. The topological polar surface area (TPSA) is 0 Å². The fourth-order valence-corrected chi connectivity index (χ4v) is 1.05. The fraction of sp³-hybridized carbons (Fsp3) is 0.800. The van der Waals surface area contributed by atoms with E-state index in [4.69, 9.17) is 0 Å². The van der Waals surface area contributed by atoms with Crippen molar-refractivity contribution >= 4 is 0 Å². The second-order valence-corrected chi connectivity index (χ2v) is 2.88. The highest BCUT2D eigenvalue weighted by Crippen LogP contribution is 2.15. The Balaban J connectivity index is 3.09. The summed E-state index contributed by atoms with van der Waals surface area (Å²) in [6, 6.07) is 0. The number of unbranched alkanes of at least 4 members (excludes halogenated alkanes) is 2. The van der Waals surface area contributed by atoms with E-state index in [9.17, 15) is 0 Å². The van der Waals surface area contributed by atoms with E-state index in [2.05, 4.69) is 27.2 Å². The van der Waals surface area contributed by atoms with Gasteiger partial charge in [0, 0.05) is 0 Å². The monoisotopic (exact) mass is 140 g/mol. The van der Waals surface area contributed by atoms with E-state index in [1.54, 1.807) is 0 Å². The molecule has 0 nitrogen and oxygen atoms in total. The minimum absolute atomic E-state index is 0.839. The Bertz CT molecular complexity index is 53.1. The molecule has 0 aliphatic rings. The SMILES string of the molecule is [CH2]CC(CC)C[CH]CCC. The average Bonchev–Trinajstić information content (AvgIpc) is 1.99. The van der Waals surface area contributed by atoms with Crippen LogP contribution in [0.25, 0.3) is 0 Å². The molecule has 0 bridgehead atoms. The molecule has 0 saturated heterocycles. The van der Waals surface area contributed by atoms with Crippen molar-refractivity contribution in [2.24, 2.45) is 5.92 Å². The Morgan fingerprint density at radius 3 is 2.50 bits per heavy atom. The van der Waals surface area contributed by atoms with Crippen LogP contribution in [0.3, 0.4) is 0 Å². The van der Waals surface area contributed by atoms with Crippen molar-refractivity contribution in [1.29, 1.82) is 0 Å². The van der Waals surface area contributed by atoms with Crippen LogP contribution in [-0.2, 0) is 0 Å². The summed E-state index contributed by atoms with van der Waals surface area (Å²) in [4.78, 5) is 0. The summed E-state index contributed by atoms with van der Waals surface area (Å²) in [7, 11) is 0. The molecule has 0 saturated carbocycles. The second kappa shape index (κ2) is 7.11. The molecule has 10 heavy (non-hydrogen) atoms. The van der Waals surface area contributed by atoms with E-state index in [0.717, 1.165) is 12.3 Å². The molecular formula is C10H20. The third-order valence-corrected chi connectivity index (χ3v) is 1.98. The largest absolute Gasteiger partial charge is 0.0654 e. The zero-order valence-corrected chi connectivity index (χ0v) is 7.40. The molecule has 60 valence electrons. The van der Waals surface area contributed by atoms with Gasteiger partial charge < -0.3 is 0 Å². The summed E-state index contributed by atoms with van der Waals surface area (Å²) >= 11 is 0. The molecule has 0 rings (SSSR count). The summed E-state index contributed by atoms with van der Waals surface area (Å²) in [5.74, 6) is 0.839. The van der Waals surface area contributed by atoms with Crippen molar-refractivity contribution in [3.8, 4) is 0 Å². The molecule has 0 N–H and O–H groups in total. The molecule has 0 fully saturated rings. The Labute approximate surface area is 66.0 Å². The maximum absolute atomic E-state index is 3.92. The first-order chi connectivity index (χ1) is 4.85. The minimum atomic E-state index is 0.839. The maximum atomic E-state index is 3.92. The zero-order valence-electron chi connectivity index (χ0n) is 7.40. The lowest BCUT2D eigenvalue weighted by Gasteiger charge is -2.09. The van der Waals surface area contributed by atoms with Crippen LogP contribution in [0, 0.1) is 19.3 Å². The minimum Gasteiger partial charge on any atom is -0.0654 e. The fourth-order valence-electron chi connectivity index (χ4n) is 1.05. The summed E-state index contributed by atoms with van der Waals surface area (Å²) < 4.78 is 0. The van der Waals surface area contributed by atoms with Crippen LogP contribution in [0.4, 0.5) is 0 Å². The number of rotatable bonds is 6. The molecule has 1 unspecified atom stereocenters. The van der Waals surface area contributed by atoms with Gasteiger partial charge in [-0.15, -0.1) is 0 Å². The molecule has 0 aromatic carbocycles. The van der Waals surface area contributed by atoms with Gasteiger partial charge in [-0.1, -0.05) is 46.5 Å². The first-order valence-corrected chi connectivity index (χ1v) is 4.46. The molecule has 0 heteroatoms. The second-order valence-electron chi connectivity index (χ2n) is 2.88. The molecule has 0 aliphatic carbocycles. The van der Waals surface area contributed by atoms with Gasteiger partial charge in [0.1, 0.15) is 0 Å². The van der Waals surface area contributed by atoms with Crippen LogP contribution >= 0.6 is 0 Å². The molecule has 0 aromatic heterocycles. The third kappa shape index (κ3) is 4.84. The zero-order chi connectivity index (χ0) is 7.82. The first kappa shape index (κ1) is 10.0. The van der Waals surface area contributed by atoms with E-state index in [1.807, 2.05) is 0 Å².